The van der Waals surface area contributed by atoms with E-state index in [2.05, 4.69) is 0 Å². The fraction of sp³-hybridized carbons (Fsp3) is 0.818. The van der Waals surface area contributed by atoms with Gasteiger partial charge in [0, 0.05) is 12.5 Å². The number of carboxylic acids is 1. The highest BCUT2D eigenvalue weighted by atomic mass is 16.5. The minimum atomic E-state index is -1.00. The van der Waals surface area contributed by atoms with Crippen molar-refractivity contribution in [3.8, 4) is 0 Å². The molecule has 1 heterocycles. The van der Waals surface area contributed by atoms with Gasteiger partial charge in [-0.3, -0.25) is 4.79 Å². The Hall–Kier alpha value is -1.10. The van der Waals surface area contributed by atoms with Crippen LogP contribution in [0.4, 0.5) is 0 Å². The highest BCUT2D eigenvalue weighted by Gasteiger charge is 2.31. The largest absolute Gasteiger partial charge is 0.479 e. The molecule has 2 atom stereocenters. The molecule has 1 aliphatic rings. The first-order valence-electron chi connectivity index (χ1n) is 5.56. The highest BCUT2D eigenvalue weighted by Crippen LogP contribution is 2.16. The molecule has 0 spiro atoms. The van der Waals surface area contributed by atoms with Crippen LogP contribution in [0.2, 0.25) is 0 Å². The molecule has 92 valence electrons. The molecule has 1 aliphatic heterocycles. The summed E-state index contributed by atoms with van der Waals surface area (Å²) < 4.78 is 5.07. The van der Waals surface area contributed by atoms with Gasteiger partial charge in [-0.2, -0.15) is 0 Å². The Bertz CT molecular complexity index is 277. The first-order chi connectivity index (χ1) is 7.43. The van der Waals surface area contributed by atoms with E-state index >= 15 is 0 Å². The van der Waals surface area contributed by atoms with Crippen LogP contribution in [0.3, 0.4) is 0 Å². The van der Waals surface area contributed by atoms with Gasteiger partial charge in [0.25, 0.3) is 0 Å². The summed E-state index contributed by atoms with van der Waals surface area (Å²) in [6, 6.07) is 0. The summed E-state index contributed by atoms with van der Waals surface area (Å²) in [7, 11) is 0. The van der Waals surface area contributed by atoms with Gasteiger partial charge in [-0.05, 0) is 5.92 Å². The molecule has 1 N–H and O–H groups in total. The lowest BCUT2D eigenvalue weighted by Gasteiger charge is -2.33. The molecule has 1 saturated heterocycles. The average molecular weight is 229 g/mol. The van der Waals surface area contributed by atoms with Crippen molar-refractivity contribution in [1.29, 1.82) is 0 Å². The molecule has 1 rings (SSSR count). The minimum Gasteiger partial charge on any atom is -0.479 e. The Labute approximate surface area is 95.4 Å². The molecule has 0 aromatic heterocycles. The molecule has 0 radical (unpaired) electrons. The third-order valence-electron chi connectivity index (χ3n) is 3.04. The SMILES string of the molecule is CC(C)C(C)C(=O)N1CCOC(C(=O)O)C1. The summed E-state index contributed by atoms with van der Waals surface area (Å²) in [4.78, 5) is 24.3. The van der Waals surface area contributed by atoms with Crippen LogP contribution in [0.25, 0.3) is 0 Å². The average Bonchev–Trinajstić information content (AvgIpc) is 2.27. The van der Waals surface area contributed by atoms with Gasteiger partial charge in [-0.25, -0.2) is 4.79 Å². The zero-order valence-electron chi connectivity index (χ0n) is 9.97. The first-order valence-corrected chi connectivity index (χ1v) is 5.56. The molecular formula is C11H19NO4. The number of hydrogen-bond donors (Lipinski definition) is 1. The number of amides is 1. The van der Waals surface area contributed by atoms with Crippen molar-refractivity contribution >= 4 is 11.9 Å². The summed E-state index contributed by atoms with van der Waals surface area (Å²) in [5.74, 6) is -0.801. The highest BCUT2D eigenvalue weighted by molar-refractivity contribution is 5.80. The molecule has 1 amide bonds. The van der Waals surface area contributed by atoms with Crippen LogP contribution in [-0.4, -0.2) is 47.7 Å². The predicted octanol–water partition coefficient (Wildman–Crippen LogP) is 0.591. The molecule has 5 nitrogen and oxygen atoms in total. The van der Waals surface area contributed by atoms with Crippen LogP contribution in [0.5, 0.6) is 0 Å². The fourth-order valence-corrected chi connectivity index (χ4v) is 1.57. The second kappa shape index (κ2) is 5.30. The lowest BCUT2D eigenvalue weighted by molar-refractivity contribution is -0.160. The molecule has 0 aromatic rings. The van der Waals surface area contributed by atoms with Crippen molar-refractivity contribution in [3.63, 3.8) is 0 Å². The van der Waals surface area contributed by atoms with Gasteiger partial charge in [0.2, 0.25) is 5.91 Å². The zero-order valence-corrected chi connectivity index (χ0v) is 9.97. The van der Waals surface area contributed by atoms with Crippen LogP contribution >= 0.6 is 0 Å². The van der Waals surface area contributed by atoms with E-state index in [9.17, 15) is 9.59 Å². The summed E-state index contributed by atoms with van der Waals surface area (Å²) in [5.41, 5.74) is 0. The van der Waals surface area contributed by atoms with Gasteiger partial charge in [0.15, 0.2) is 6.10 Å². The van der Waals surface area contributed by atoms with Gasteiger partial charge in [-0.15, -0.1) is 0 Å². The Morgan fingerprint density at radius 1 is 1.38 bits per heavy atom. The predicted molar refractivity (Wildman–Crippen MR) is 58.0 cm³/mol. The molecule has 5 heteroatoms. The van der Waals surface area contributed by atoms with E-state index in [1.807, 2.05) is 20.8 Å². The van der Waals surface area contributed by atoms with E-state index in [1.54, 1.807) is 4.90 Å². The summed E-state index contributed by atoms with van der Waals surface area (Å²) in [6.45, 7) is 6.78. The van der Waals surface area contributed by atoms with Crippen molar-refractivity contribution in [2.75, 3.05) is 19.7 Å². The maximum Gasteiger partial charge on any atom is 0.334 e. The standard InChI is InChI=1S/C11H19NO4/c1-7(2)8(3)10(13)12-4-5-16-9(6-12)11(14)15/h7-9H,4-6H2,1-3H3,(H,14,15). The van der Waals surface area contributed by atoms with Gasteiger partial charge in [0.05, 0.1) is 13.2 Å². The minimum absolute atomic E-state index is 0.0181. The van der Waals surface area contributed by atoms with E-state index in [0.29, 0.717) is 13.2 Å². The third-order valence-corrected chi connectivity index (χ3v) is 3.04. The Morgan fingerprint density at radius 3 is 2.50 bits per heavy atom. The number of carboxylic acid groups (broad SMARTS) is 1. The molecule has 2 unspecified atom stereocenters. The fourth-order valence-electron chi connectivity index (χ4n) is 1.57. The van der Waals surface area contributed by atoms with Crippen LogP contribution < -0.4 is 0 Å². The maximum absolute atomic E-state index is 12.0. The van der Waals surface area contributed by atoms with Crippen LogP contribution in [0.15, 0.2) is 0 Å². The van der Waals surface area contributed by atoms with Gasteiger partial charge < -0.3 is 14.7 Å². The van der Waals surface area contributed by atoms with E-state index < -0.39 is 12.1 Å². The first kappa shape index (κ1) is 13.0. The summed E-state index contributed by atoms with van der Waals surface area (Å²) in [5, 5.41) is 8.82. The zero-order chi connectivity index (χ0) is 12.3. The molecule has 0 aromatic carbocycles. The molecular weight excluding hydrogens is 210 g/mol. The second-order valence-electron chi connectivity index (χ2n) is 4.51. The number of carbonyl (C=O) groups is 2. The normalized spacial score (nSPS) is 23.2. The number of hydrogen-bond acceptors (Lipinski definition) is 3. The summed E-state index contributed by atoms with van der Waals surface area (Å²) in [6.07, 6.45) is -0.878. The number of aliphatic carboxylic acids is 1. The molecule has 0 saturated carbocycles. The Kier molecular flexibility index (Phi) is 4.29. The third kappa shape index (κ3) is 2.95. The molecule has 0 bridgehead atoms. The smallest absolute Gasteiger partial charge is 0.334 e. The molecule has 1 fully saturated rings. The molecule has 16 heavy (non-hydrogen) atoms. The number of nitrogens with zero attached hydrogens (tertiary/aromatic N) is 1. The molecule has 0 aliphatic carbocycles. The lowest BCUT2D eigenvalue weighted by atomic mass is 9.96. The van der Waals surface area contributed by atoms with Gasteiger partial charge >= 0.3 is 5.97 Å². The number of morpholine rings is 1. The van der Waals surface area contributed by atoms with Crippen molar-refractivity contribution in [2.24, 2.45) is 11.8 Å². The Balaban J connectivity index is 2.60. The van der Waals surface area contributed by atoms with E-state index in [0.717, 1.165) is 0 Å². The van der Waals surface area contributed by atoms with E-state index in [-0.39, 0.29) is 24.3 Å². The second-order valence-corrected chi connectivity index (χ2v) is 4.51. The number of ether oxygens (including phenoxy) is 1. The van der Waals surface area contributed by atoms with Crippen molar-refractivity contribution in [1.82, 2.24) is 4.90 Å². The topological polar surface area (TPSA) is 66.8 Å². The van der Waals surface area contributed by atoms with E-state index in [4.69, 9.17) is 9.84 Å². The number of rotatable bonds is 3. The van der Waals surface area contributed by atoms with Crippen molar-refractivity contribution in [3.05, 3.63) is 0 Å². The van der Waals surface area contributed by atoms with Crippen molar-refractivity contribution in [2.45, 2.75) is 26.9 Å². The van der Waals surface area contributed by atoms with Gasteiger partial charge in [0.1, 0.15) is 0 Å². The van der Waals surface area contributed by atoms with E-state index in [1.165, 1.54) is 0 Å². The monoisotopic (exact) mass is 229 g/mol. The number of carbonyl (C=O) groups excluding carboxylic acids is 1. The Morgan fingerprint density at radius 2 is 2.00 bits per heavy atom. The van der Waals surface area contributed by atoms with Gasteiger partial charge in [-0.1, -0.05) is 20.8 Å². The quantitative estimate of drug-likeness (QED) is 0.769. The van der Waals surface area contributed by atoms with Crippen molar-refractivity contribution < 1.29 is 19.4 Å². The maximum atomic E-state index is 12.0. The lowest BCUT2D eigenvalue weighted by Crippen LogP contribution is -2.50. The van der Waals surface area contributed by atoms with Crippen LogP contribution in [-0.2, 0) is 14.3 Å². The summed E-state index contributed by atoms with van der Waals surface area (Å²) >= 11 is 0. The van der Waals surface area contributed by atoms with Crippen LogP contribution in [0, 0.1) is 11.8 Å². The van der Waals surface area contributed by atoms with Crippen LogP contribution in [0.1, 0.15) is 20.8 Å².